The third-order valence-corrected chi connectivity index (χ3v) is 4.27. The van der Waals surface area contributed by atoms with Gasteiger partial charge in [-0.05, 0) is 18.1 Å². The van der Waals surface area contributed by atoms with Gasteiger partial charge in [-0.25, -0.2) is 9.97 Å². The van der Waals surface area contributed by atoms with Crippen molar-refractivity contribution >= 4 is 16.7 Å². The Hall–Kier alpha value is -3.03. The fraction of sp³-hybridized carbons (Fsp3) is 0.389. The van der Waals surface area contributed by atoms with E-state index in [2.05, 4.69) is 20.0 Å². The fourth-order valence-electron chi connectivity index (χ4n) is 2.96. The normalized spacial score (nSPS) is 10.8. The molecule has 8 heteroatoms. The number of fused-ring (bicyclic) bond motifs is 1. The summed E-state index contributed by atoms with van der Waals surface area (Å²) in [5.41, 5.74) is 1.86. The van der Waals surface area contributed by atoms with Crippen molar-refractivity contribution in [3.05, 3.63) is 30.4 Å². The van der Waals surface area contributed by atoms with Crippen LogP contribution in [0.1, 0.15) is 5.56 Å². The molecule has 0 aliphatic rings. The molecule has 1 aromatic carbocycles. The number of likely N-dealkylation sites (N-methyl/N-ethyl adjacent to an activating group) is 1. The lowest BCUT2D eigenvalue weighted by Crippen LogP contribution is -2.21. The standard InChI is InChI=1S/C18H23N5O3/c1-22(7-6-12-9-21-23(2)10-12)18-13-8-14(24-3)16(25-4)17(26-5)15(13)19-11-20-18/h8-11H,6-7H2,1-5H3. The Bertz CT molecular complexity index is 909. The molecule has 8 nitrogen and oxygen atoms in total. The van der Waals surface area contributed by atoms with E-state index in [9.17, 15) is 0 Å². The number of benzene rings is 1. The van der Waals surface area contributed by atoms with Crippen molar-refractivity contribution in [3.8, 4) is 17.2 Å². The first kappa shape index (κ1) is 17.8. The molecule has 26 heavy (non-hydrogen) atoms. The third kappa shape index (κ3) is 3.22. The number of ether oxygens (including phenoxy) is 3. The maximum atomic E-state index is 5.53. The molecular formula is C18H23N5O3. The Morgan fingerprint density at radius 3 is 2.46 bits per heavy atom. The monoisotopic (exact) mass is 357 g/mol. The maximum Gasteiger partial charge on any atom is 0.205 e. The van der Waals surface area contributed by atoms with Gasteiger partial charge in [-0.15, -0.1) is 0 Å². The van der Waals surface area contributed by atoms with Crippen molar-refractivity contribution in [1.82, 2.24) is 19.7 Å². The van der Waals surface area contributed by atoms with E-state index in [1.165, 1.54) is 11.9 Å². The fourth-order valence-corrected chi connectivity index (χ4v) is 2.96. The quantitative estimate of drug-likeness (QED) is 0.641. The van der Waals surface area contributed by atoms with Crippen molar-refractivity contribution in [2.75, 3.05) is 39.8 Å². The minimum absolute atomic E-state index is 0.519. The van der Waals surface area contributed by atoms with Crippen LogP contribution in [0.3, 0.4) is 0 Å². The lowest BCUT2D eigenvalue weighted by Gasteiger charge is -2.21. The first-order valence-corrected chi connectivity index (χ1v) is 8.21. The van der Waals surface area contributed by atoms with E-state index in [-0.39, 0.29) is 0 Å². The number of anilines is 1. The van der Waals surface area contributed by atoms with Crippen molar-refractivity contribution < 1.29 is 14.2 Å². The smallest absolute Gasteiger partial charge is 0.205 e. The average Bonchev–Trinajstić information content (AvgIpc) is 3.08. The summed E-state index contributed by atoms with van der Waals surface area (Å²) in [7, 11) is 8.68. The van der Waals surface area contributed by atoms with E-state index in [0.29, 0.717) is 22.8 Å². The highest BCUT2D eigenvalue weighted by Gasteiger charge is 2.20. The van der Waals surface area contributed by atoms with Gasteiger partial charge < -0.3 is 19.1 Å². The Balaban J connectivity index is 2.00. The van der Waals surface area contributed by atoms with Gasteiger partial charge in [0.05, 0.1) is 32.9 Å². The summed E-state index contributed by atoms with van der Waals surface area (Å²) in [4.78, 5) is 10.9. The summed E-state index contributed by atoms with van der Waals surface area (Å²) in [6.07, 6.45) is 6.29. The zero-order chi connectivity index (χ0) is 18.7. The topological polar surface area (TPSA) is 74.5 Å². The molecule has 0 aliphatic carbocycles. The first-order valence-electron chi connectivity index (χ1n) is 8.21. The largest absolute Gasteiger partial charge is 0.493 e. The van der Waals surface area contributed by atoms with Crippen molar-refractivity contribution in [2.24, 2.45) is 7.05 Å². The summed E-state index contributed by atoms with van der Waals surface area (Å²) in [6, 6.07) is 1.88. The molecule has 0 amide bonds. The second kappa shape index (κ2) is 7.47. The predicted octanol–water partition coefficient (Wildman–Crippen LogP) is 2.07. The van der Waals surface area contributed by atoms with Gasteiger partial charge in [0.1, 0.15) is 17.7 Å². The van der Waals surface area contributed by atoms with E-state index in [1.807, 2.05) is 32.6 Å². The average molecular weight is 357 g/mol. The molecule has 0 N–H and O–H groups in total. The second-order valence-electron chi connectivity index (χ2n) is 5.93. The van der Waals surface area contributed by atoms with Crippen LogP contribution in [-0.4, -0.2) is 54.7 Å². The van der Waals surface area contributed by atoms with Gasteiger partial charge in [-0.3, -0.25) is 4.68 Å². The summed E-state index contributed by atoms with van der Waals surface area (Å²) in [5.74, 6) is 2.43. The number of methoxy groups -OCH3 is 3. The van der Waals surface area contributed by atoms with Crippen LogP contribution in [-0.2, 0) is 13.5 Å². The van der Waals surface area contributed by atoms with Crippen LogP contribution in [0.25, 0.3) is 10.9 Å². The Kier molecular flexibility index (Phi) is 5.11. The molecule has 0 spiro atoms. The van der Waals surface area contributed by atoms with E-state index in [4.69, 9.17) is 14.2 Å². The van der Waals surface area contributed by atoms with Crippen LogP contribution in [0.4, 0.5) is 5.82 Å². The SMILES string of the molecule is COc1cc2c(N(C)CCc3cnn(C)c3)ncnc2c(OC)c1OC. The van der Waals surface area contributed by atoms with Gasteiger partial charge in [0, 0.05) is 26.8 Å². The van der Waals surface area contributed by atoms with Crippen molar-refractivity contribution in [2.45, 2.75) is 6.42 Å². The number of rotatable bonds is 7. The van der Waals surface area contributed by atoms with Gasteiger partial charge in [0.15, 0.2) is 11.5 Å². The van der Waals surface area contributed by atoms with Gasteiger partial charge in [-0.2, -0.15) is 5.10 Å². The molecule has 0 saturated carbocycles. The first-order chi connectivity index (χ1) is 12.6. The van der Waals surface area contributed by atoms with Crippen LogP contribution in [0.5, 0.6) is 17.2 Å². The van der Waals surface area contributed by atoms with E-state index in [1.54, 1.807) is 26.0 Å². The van der Waals surface area contributed by atoms with Crippen LogP contribution < -0.4 is 19.1 Å². The number of hydrogen-bond acceptors (Lipinski definition) is 7. The van der Waals surface area contributed by atoms with Gasteiger partial charge >= 0.3 is 0 Å². The minimum atomic E-state index is 0.519. The molecule has 2 aromatic heterocycles. The summed E-state index contributed by atoms with van der Waals surface area (Å²) >= 11 is 0. The van der Waals surface area contributed by atoms with Crippen LogP contribution in [0.15, 0.2) is 24.8 Å². The van der Waals surface area contributed by atoms with Crippen LogP contribution in [0.2, 0.25) is 0 Å². The lowest BCUT2D eigenvalue weighted by molar-refractivity contribution is 0.327. The van der Waals surface area contributed by atoms with E-state index < -0.39 is 0 Å². The molecule has 0 unspecified atom stereocenters. The molecule has 138 valence electrons. The second-order valence-corrected chi connectivity index (χ2v) is 5.93. The summed E-state index contributed by atoms with van der Waals surface area (Å²) in [6.45, 7) is 0.786. The van der Waals surface area contributed by atoms with Crippen LogP contribution in [0, 0.1) is 0 Å². The zero-order valence-corrected chi connectivity index (χ0v) is 15.7. The summed E-state index contributed by atoms with van der Waals surface area (Å²) < 4.78 is 18.2. The molecule has 3 rings (SSSR count). The molecule has 2 heterocycles. The molecule has 0 atom stereocenters. The van der Waals surface area contributed by atoms with Crippen LogP contribution >= 0.6 is 0 Å². The van der Waals surface area contributed by atoms with Gasteiger partial charge in [-0.1, -0.05) is 0 Å². The van der Waals surface area contributed by atoms with E-state index >= 15 is 0 Å². The highest BCUT2D eigenvalue weighted by atomic mass is 16.5. The highest BCUT2D eigenvalue weighted by Crippen LogP contribution is 2.44. The molecular weight excluding hydrogens is 334 g/mol. The van der Waals surface area contributed by atoms with E-state index in [0.717, 1.165) is 24.2 Å². The molecule has 0 aliphatic heterocycles. The minimum Gasteiger partial charge on any atom is -0.493 e. The Morgan fingerprint density at radius 1 is 1.08 bits per heavy atom. The predicted molar refractivity (Wildman–Crippen MR) is 99.4 cm³/mol. The van der Waals surface area contributed by atoms with Crippen molar-refractivity contribution in [3.63, 3.8) is 0 Å². The Labute approximate surface area is 152 Å². The number of aryl methyl sites for hydroxylation is 1. The zero-order valence-electron chi connectivity index (χ0n) is 15.7. The molecule has 0 bridgehead atoms. The molecule has 3 aromatic rings. The van der Waals surface area contributed by atoms with Gasteiger partial charge in [0.2, 0.25) is 5.75 Å². The molecule has 0 saturated heterocycles. The third-order valence-electron chi connectivity index (χ3n) is 4.27. The molecule has 0 fully saturated rings. The summed E-state index contributed by atoms with van der Waals surface area (Å²) in [5, 5.41) is 5.05. The Morgan fingerprint density at radius 2 is 1.85 bits per heavy atom. The van der Waals surface area contributed by atoms with Crippen molar-refractivity contribution in [1.29, 1.82) is 0 Å². The number of aromatic nitrogens is 4. The molecule has 0 radical (unpaired) electrons. The number of nitrogens with zero attached hydrogens (tertiary/aromatic N) is 5. The van der Waals surface area contributed by atoms with Gasteiger partial charge in [0.25, 0.3) is 0 Å². The maximum absolute atomic E-state index is 5.53. The number of hydrogen-bond donors (Lipinski definition) is 0. The lowest BCUT2D eigenvalue weighted by atomic mass is 10.1. The highest BCUT2D eigenvalue weighted by molar-refractivity contribution is 5.96.